The summed E-state index contributed by atoms with van der Waals surface area (Å²) < 4.78 is 18.8. The molecule has 5 heteroatoms. The van der Waals surface area contributed by atoms with Crippen LogP contribution < -0.4 is 15.8 Å². The van der Waals surface area contributed by atoms with Crippen LogP contribution in [0, 0.1) is 12.7 Å². The van der Waals surface area contributed by atoms with Crippen molar-refractivity contribution in [1.82, 2.24) is 0 Å². The third kappa shape index (κ3) is 2.88. The molecule has 2 aromatic carbocycles. The molecule has 0 radical (unpaired) electrons. The lowest BCUT2D eigenvalue weighted by Crippen LogP contribution is -2.14. The Morgan fingerprint density at radius 2 is 2.00 bits per heavy atom. The molecule has 0 spiro atoms. The van der Waals surface area contributed by atoms with Gasteiger partial charge in [0.05, 0.1) is 18.4 Å². The van der Waals surface area contributed by atoms with Crippen molar-refractivity contribution >= 4 is 17.3 Å². The highest BCUT2D eigenvalue weighted by Gasteiger charge is 2.14. The summed E-state index contributed by atoms with van der Waals surface area (Å²) >= 11 is 0. The molecule has 0 saturated heterocycles. The molecule has 0 heterocycles. The molecule has 0 saturated carbocycles. The van der Waals surface area contributed by atoms with Crippen LogP contribution in [0.5, 0.6) is 5.75 Å². The van der Waals surface area contributed by atoms with Gasteiger partial charge in [-0.1, -0.05) is 6.07 Å². The van der Waals surface area contributed by atoms with E-state index in [1.165, 1.54) is 19.2 Å². The summed E-state index contributed by atoms with van der Waals surface area (Å²) in [7, 11) is 1.51. The minimum absolute atomic E-state index is 0.104. The van der Waals surface area contributed by atoms with Crippen LogP contribution >= 0.6 is 0 Å². The molecular formula is C15H15FN2O2. The van der Waals surface area contributed by atoms with Crippen molar-refractivity contribution in [2.75, 3.05) is 18.2 Å². The van der Waals surface area contributed by atoms with Gasteiger partial charge >= 0.3 is 0 Å². The van der Waals surface area contributed by atoms with E-state index >= 15 is 0 Å². The summed E-state index contributed by atoms with van der Waals surface area (Å²) in [6, 6.07) is 9.18. The molecule has 20 heavy (non-hydrogen) atoms. The minimum Gasteiger partial charge on any atom is -0.495 e. The van der Waals surface area contributed by atoms with Crippen molar-refractivity contribution in [2.24, 2.45) is 0 Å². The molecule has 104 valence electrons. The smallest absolute Gasteiger partial charge is 0.258 e. The van der Waals surface area contributed by atoms with Gasteiger partial charge < -0.3 is 15.8 Å². The molecule has 3 N–H and O–H groups in total. The van der Waals surface area contributed by atoms with Gasteiger partial charge in [-0.15, -0.1) is 0 Å². The van der Waals surface area contributed by atoms with Crippen LogP contribution in [0.3, 0.4) is 0 Å². The Kier molecular flexibility index (Phi) is 3.89. The van der Waals surface area contributed by atoms with Crippen molar-refractivity contribution in [1.29, 1.82) is 0 Å². The van der Waals surface area contributed by atoms with E-state index in [0.717, 1.165) is 11.6 Å². The molecule has 2 aromatic rings. The van der Waals surface area contributed by atoms with Crippen LogP contribution in [0.2, 0.25) is 0 Å². The average Bonchev–Trinajstić information content (AvgIpc) is 2.43. The number of amides is 1. The molecule has 0 unspecified atom stereocenters. The highest BCUT2D eigenvalue weighted by atomic mass is 19.1. The Bertz CT molecular complexity index is 656. The first-order chi connectivity index (χ1) is 9.51. The van der Waals surface area contributed by atoms with Crippen molar-refractivity contribution in [3.8, 4) is 5.75 Å². The normalized spacial score (nSPS) is 10.2. The molecule has 0 fully saturated rings. The first kappa shape index (κ1) is 13.9. The maximum Gasteiger partial charge on any atom is 0.258 e. The lowest BCUT2D eigenvalue weighted by atomic mass is 10.1. The second kappa shape index (κ2) is 5.61. The third-order valence-electron chi connectivity index (χ3n) is 2.84. The zero-order valence-corrected chi connectivity index (χ0v) is 11.2. The lowest BCUT2D eigenvalue weighted by molar-refractivity contribution is 0.102. The number of hydrogen-bond donors (Lipinski definition) is 2. The fourth-order valence-electron chi connectivity index (χ4n) is 1.81. The number of nitrogens with two attached hydrogens (primary N) is 1. The van der Waals surface area contributed by atoms with E-state index in [9.17, 15) is 9.18 Å². The van der Waals surface area contributed by atoms with Crippen molar-refractivity contribution in [2.45, 2.75) is 6.92 Å². The van der Waals surface area contributed by atoms with Crippen LogP contribution in [0.1, 0.15) is 15.9 Å². The average molecular weight is 274 g/mol. The van der Waals surface area contributed by atoms with Gasteiger partial charge in [0.2, 0.25) is 0 Å². The molecule has 0 aliphatic heterocycles. The second-order valence-electron chi connectivity index (χ2n) is 4.40. The number of benzene rings is 2. The van der Waals surface area contributed by atoms with Gasteiger partial charge in [-0.3, -0.25) is 4.79 Å². The number of aryl methyl sites for hydroxylation is 1. The number of ether oxygens (including phenoxy) is 1. The molecule has 4 nitrogen and oxygen atoms in total. The maximum absolute atomic E-state index is 13.6. The number of carbonyl (C=O) groups is 1. The van der Waals surface area contributed by atoms with Gasteiger partial charge in [-0.2, -0.15) is 0 Å². The number of carbonyl (C=O) groups excluding carboxylic acids is 1. The van der Waals surface area contributed by atoms with Crippen LogP contribution in [0.15, 0.2) is 36.4 Å². The molecule has 0 aliphatic carbocycles. The standard InChI is InChI=1S/C15H15FN2O2/c1-9-3-6-13(14(7-9)20-2)18-15(19)11-8-10(17)4-5-12(11)16/h3-8H,17H2,1-2H3,(H,18,19). The fourth-order valence-corrected chi connectivity index (χ4v) is 1.81. The SMILES string of the molecule is COc1cc(C)ccc1NC(=O)c1cc(N)ccc1F. The van der Waals surface area contributed by atoms with Crippen LogP contribution in [0.25, 0.3) is 0 Å². The minimum atomic E-state index is -0.622. The first-order valence-electron chi connectivity index (χ1n) is 6.02. The zero-order valence-electron chi connectivity index (χ0n) is 11.2. The third-order valence-corrected chi connectivity index (χ3v) is 2.84. The first-order valence-corrected chi connectivity index (χ1v) is 6.02. The Labute approximate surface area is 116 Å². The molecule has 2 rings (SSSR count). The maximum atomic E-state index is 13.6. The Hall–Kier alpha value is -2.56. The van der Waals surface area contributed by atoms with Gasteiger partial charge in [0.1, 0.15) is 11.6 Å². The molecule has 0 atom stereocenters. The number of methoxy groups -OCH3 is 1. The van der Waals surface area contributed by atoms with E-state index in [4.69, 9.17) is 10.5 Å². The largest absolute Gasteiger partial charge is 0.495 e. The summed E-state index contributed by atoms with van der Waals surface area (Å²) in [5, 5.41) is 2.61. The van der Waals surface area contributed by atoms with E-state index < -0.39 is 11.7 Å². The summed E-state index contributed by atoms with van der Waals surface area (Å²) in [6.45, 7) is 1.91. The van der Waals surface area contributed by atoms with Gasteiger partial charge in [-0.25, -0.2) is 4.39 Å². The van der Waals surface area contributed by atoms with Gasteiger partial charge in [0.25, 0.3) is 5.91 Å². The van der Waals surface area contributed by atoms with Crippen molar-refractivity contribution in [3.63, 3.8) is 0 Å². The van der Waals surface area contributed by atoms with Crippen LogP contribution in [-0.4, -0.2) is 13.0 Å². The number of rotatable bonds is 3. The highest BCUT2D eigenvalue weighted by molar-refractivity contribution is 6.05. The molecule has 0 bridgehead atoms. The summed E-state index contributed by atoms with van der Waals surface area (Å²) in [5.74, 6) is -0.678. The molecule has 0 aromatic heterocycles. The topological polar surface area (TPSA) is 64.3 Å². The zero-order chi connectivity index (χ0) is 14.7. The second-order valence-corrected chi connectivity index (χ2v) is 4.40. The highest BCUT2D eigenvalue weighted by Crippen LogP contribution is 2.26. The Morgan fingerprint density at radius 3 is 2.70 bits per heavy atom. The van der Waals surface area contributed by atoms with E-state index in [1.807, 2.05) is 13.0 Å². The van der Waals surface area contributed by atoms with Crippen LogP contribution in [-0.2, 0) is 0 Å². The van der Waals surface area contributed by atoms with Crippen molar-refractivity contribution in [3.05, 3.63) is 53.3 Å². The van der Waals surface area contributed by atoms with E-state index in [0.29, 0.717) is 17.1 Å². The van der Waals surface area contributed by atoms with Gasteiger partial charge in [0.15, 0.2) is 0 Å². The summed E-state index contributed by atoms with van der Waals surface area (Å²) in [6.07, 6.45) is 0. The predicted octanol–water partition coefficient (Wildman–Crippen LogP) is 2.98. The quantitative estimate of drug-likeness (QED) is 0.846. The van der Waals surface area contributed by atoms with E-state index in [-0.39, 0.29) is 5.56 Å². The Morgan fingerprint density at radius 1 is 1.25 bits per heavy atom. The monoisotopic (exact) mass is 274 g/mol. The summed E-state index contributed by atoms with van der Waals surface area (Å²) in [5.41, 5.74) is 7.26. The molecule has 1 amide bonds. The number of anilines is 2. The number of halogens is 1. The Balaban J connectivity index is 2.30. The molecular weight excluding hydrogens is 259 g/mol. The number of nitrogen functional groups attached to an aromatic ring is 1. The van der Waals surface area contributed by atoms with Crippen LogP contribution in [0.4, 0.5) is 15.8 Å². The lowest BCUT2D eigenvalue weighted by Gasteiger charge is -2.11. The summed E-state index contributed by atoms with van der Waals surface area (Å²) in [4.78, 5) is 12.1. The van der Waals surface area contributed by atoms with Gasteiger partial charge in [0, 0.05) is 5.69 Å². The fraction of sp³-hybridized carbons (Fsp3) is 0.133. The molecule has 0 aliphatic rings. The van der Waals surface area contributed by atoms with E-state index in [1.54, 1.807) is 12.1 Å². The van der Waals surface area contributed by atoms with E-state index in [2.05, 4.69) is 5.32 Å². The van der Waals surface area contributed by atoms with Gasteiger partial charge in [-0.05, 0) is 42.8 Å². The number of nitrogens with one attached hydrogen (secondary N) is 1. The predicted molar refractivity (Wildman–Crippen MR) is 76.5 cm³/mol. The number of hydrogen-bond acceptors (Lipinski definition) is 3. The van der Waals surface area contributed by atoms with Crippen molar-refractivity contribution < 1.29 is 13.9 Å².